The van der Waals surface area contributed by atoms with Crippen molar-refractivity contribution in [1.29, 1.82) is 0 Å². The number of nitrogens with two attached hydrogens (primary N) is 2. The molecule has 1 aromatic carbocycles. The first kappa shape index (κ1) is 26.6. The van der Waals surface area contributed by atoms with Crippen molar-refractivity contribution in [3.8, 4) is 11.4 Å². The van der Waals surface area contributed by atoms with Crippen molar-refractivity contribution in [2.24, 2.45) is 17.1 Å². The molecule has 3 aliphatic rings. The number of rotatable bonds is 4. The monoisotopic (exact) mass is 512 g/mol. The highest BCUT2D eigenvalue weighted by Crippen LogP contribution is 2.67. The summed E-state index contributed by atoms with van der Waals surface area (Å²) in [7, 11) is 0. The van der Waals surface area contributed by atoms with Crippen LogP contribution in [0.1, 0.15) is 55.4 Å². The molecule has 2 fully saturated rings. The molecule has 10 heteroatoms. The van der Waals surface area contributed by atoms with Gasteiger partial charge in [-0.15, -0.1) is 0 Å². The Hall–Kier alpha value is -3.50. The van der Waals surface area contributed by atoms with E-state index in [-0.39, 0.29) is 36.5 Å². The third-order valence-corrected chi connectivity index (χ3v) is 7.71. The molecule has 2 aromatic heterocycles. The zero-order chi connectivity index (χ0) is 27.1. The van der Waals surface area contributed by atoms with Crippen LogP contribution in [0.5, 0.6) is 0 Å². The van der Waals surface area contributed by atoms with E-state index >= 15 is 0 Å². The number of pyridine rings is 2. The van der Waals surface area contributed by atoms with E-state index in [1.807, 2.05) is 13.8 Å². The molecular weight excluding hydrogens is 479 g/mol. The highest BCUT2D eigenvalue weighted by Gasteiger charge is 2.60. The van der Waals surface area contributed by atoms with Gasteiger partial charge < -0.3 is 31.0 Å². The average Bonchev–Trinajstić information content (AvgIpc) is 3.21. The van der Waals surface area contributed by atoms with E-state index in [4.69, 9.17) is 21.7 Å². The van der Waals surface area contributed by atoms with E-state index in [0.717, 1.165) is 17.0 Å². The van der Waals surface area contributed by atoms with Crippen molar-refractivity contribution >= 4 is 22.7 Å². The summed E-state index contributed by atoms with van der Waals surface area (Å²) in [5.41, 5.74) is 15.7. The van der Waals surface area contributed by atoms with Crippen LogP contribution in [0, 0.1) is 24.1 Å². The van der Waals surface area contributed by atoms with Crippen LogP contribution < -0.4 is 17.0 Å². The number of aliphatic hydroxyl groups is 1. The summed E-state index contributed by atoms with van der Waals surface area (Å²) in [5.74, 6) is 0.369. The van der Waals surface area contributed by atoms with Crippen LogP contribution in [0.25, 0.3) is 22.3 Å². The van der Waals surface area contributed by atoms with Gasteiger partial charge >= 0.3 is 6.16 Å². The molecule has 3 heterocycles. The van der Waals surface area contributed by atoms with E-state index in [2.05, 4.69) is 9.72 Å². The third kappa shape index (κ3) is 4.55. The van der Waals surface area contributed by atoms with Gasteiger partial charge in [0.25, 0.3) is 5.56 Å². The van der Waals surface area contributed by atoms with Gasteiger partial charge in [0, 0.05) is 30.2 Å². The van der Waals surface area contributed by atoms with Gasteiger partial charge in [-0.05, 0) is 60.8 Å². The number of aromatic nitrogens is 2. The first-order valence-electron chi connectivity index (χ1n) is 12.5. The van der Waals surface area contributed by atoms with Crippen LogP contribution in [-0.4, -0.2) is 32.5 Å². The number of fused-ring (bicyclic) bond motifs is 5. The Morgan fingerprint density at radius 3 is 2.54 bits per heavy atom. The van der Waals surface area contributed by atoms with E-state index in [1.54, 1.807) is 13.0 Å². The fraction of sp³-hybridized carbons (Fsp3) is 0.444. The minimum atomic E-state index is -1.45. The van der Waals surface area contributed by atoms with Gasteiger partial charge in [-0.1, -0.05) is 13.8 Å². The highest BCUT2D eigenvalue weighted by atomic mass is 19.1. The first-order valence-corrected chi connectivity index (χ1v) is 12.5. The van der Waals surface area contributed by atoms with Crippen LogP contribution in [0.15, 0.2) is 23.0 Å². The summed E-state index contributed by atoms with van der Waals surface area (Å²) in [6, 6.07) is 4.51. The molecule has 0 radical (unpaired) electrons. The fourth-order valence-electron chi connectivity index (χ4n) is 5.32. The Morgan fingerprint density at radius 2 is 2.03 bits per heavy atom. The molecule has 198 valence electrons. The van der Waals surface area contributed by atoms with Crippen molar-refractivity contribution < 1.29 is 24.1 Å². The second-order valence-electron chi connectivity index (χ2n) is 9.61. The normalized spacial score (nSPS) is 19.8. The van der Waals surface area contributed by atoms with E-state index in [1.165, 1.54) is 36.0 Å². The maximum atomic E-state index is 13.9. The van der Waals surface area contributed by atoms with Gasteiger partial charge in [0.15, 0.2) is 0 Å². The van der Waals surface area contributed by atoms with Crippen LogP contribution in [-0.2, 0) is 24.4 Å². The maximum absolute atomic E-state index is 13.9. The van der Waals surface area contributed by atoms with Gasteiger partial charge in [-0.3, -0.25) is 4.79 Å². The maximum Gasteiger partial charge on any atom is 0.506 e. The smallest absolute Gasteiger partial charge is 0.450 e. The molecule has 37 heavy (non-hydrogen) atoms. The van der Waals surface area contributed by atoms with Crippen molar-refractivity contribution in [2.75, 3.05) is 12.3 Å². The third-order valence-electron chi connectivity index (χ3n) is 7.71. The first-order chi connectivity index (χ1) is 17.7. The minimum Gasteiger partial charge on any atom is -0.450 e. The molecule has 0 saturated heterocycles. The summed E-state index contributed by atoms with van der Waals surface area (Å²) in [4.78, 5) is 28.2. The van der Waals surface area contributed by atoms with E-state index in [0.29, 0.717) is 39.9 Å². The fourth-order valence-corrected chi connectivity index (χ4v) is 5.32. The predicted octanol–water partition coefficient (Wildman–Crippen LogP) is 3.91. The molecule has 2 saturated carbocycles. The number of halogens is 1. The molecule has 2 aliphatic carbocycles. The number of carboxylic acid groups (broad SMARTS) is 1. The van der Waals surface area contributed by atoms with Gasteiger partial charge in [0.05, 0.1) is 34.7 Å². The second kappa shape index (κ2) is 10.1. The lowest BCUT2D eigenvalue weighted by atomic mass is 9.86. The number of carbonyl (C=O) groups is 1. The summed E-state index contributed by atoms with van der Waals surface area (Å²) in [5, 5.41) is 18.1. The molecule has 0 spiro atoms. The number of anilines is 1. The number of aryl methyl sites for hydroxylation is 1. The molecule has 6 rings (SSSR count). The number of hydrogen-bond donors (Lipinski definition) is 4. The zero-order valence-electron chi connectivity index (χ0n) is 21.3. The summed E-state index contributed by atoms with van der Waals surface area (Å²) >= 11 is 0. The van der Waals surface area contributed by atoms with Gasteiger partial charge in [0.1, 0.15) is 12.4 Å². The van der Waals surface area contributed by atoms with Gasteiger partial charge in [-0.25, -0.2) is 14.2 Å². The van der Waals surface area contributed by atoms with Gasteiger partial charge in [0.2, 0.25) is 0 Å². The van der Waals surface area contributed by atoms with Crippen LogP contribution in [0.3, 0.4) is 0 Å². The number of hydrogen-bond acceptors (Lipinski definition) is 7. The molecule has 9 nitrogen and oxygen atoms in total. The molecule has 6 N–H and O–H groups in total. The zero-order valence-corrected chi connectivity index (χ0v) is 21.3. The summed E-state index contributed by atoms with van der Waals surface area (Å²) in [6.45, 7) is 6.22. The highest BCUT2D eigenvalue weighted by molar-refractivity contribution is 5.90. The Balaban J connectivity index is 0.000000299. The van der Waals surface area contributed by atoms with Crippen LogP contribution in [0.2, 0.25) is 0 Å². The molecule has 0 amide bonds. The average molecular weight is 513 g/mol. The molecule has 2 atom stereocenters. The standard InChI is InChI=1S/C19H17FN4O4.C6H10O.C2H6/c1-8-2-16-17-11(6-24(16)18(25)12(8)7-28-19(26)27)10(5-21)9-3-14(22)13(20)4-15(9)23-17;7-4-6-2-1-5(6)3-6;1-2/h2-4H,5-7,21-22H2,1H3,(H,26,27);5,7H,1-4H2;1-2H3. The number of aliphatic hydroxyl groups excluding tert-OH is 1. The SMILES string of the molecule is CC.Cc1cc2n(c(=O)c1COC(=O)O)Cc1c-2nc2cc(F)c(N)cc2c1CN.OCC12CCC1C2. The lowest BCUT2D eigenvalue weighted by molar-refractivity contribution is 0.0848. The quantitative estimate of drug-likeness (QED) is 0.237. The minimum absolute atomic E-state index is 0.000535. The lowest BCUT2D eigenvalue weighted by Crippen LogP contribution is -2.25. The number of ether oxygens (including phenoxy) is 1. The van der Waals surface area contributed by atoms with Crippen molar-refractivity contribution in [1.82, 2.24) is 9.55 Å². The lowest BCUT2D eigenvalue weighted by Gasteiger charge is -2.21. The molecular formula is C27H33FN4O5. The van der Waals surface area contributed by atoms with Gasteiger partial charge in [-0.2, -0.15) is 0 Å². The second-order valence-corrected chi connectivity index (χ2v) is 9.61. The predicted molar refractivity (Wildman–Crippen MR) is 139 cm³/mol. The van der Waals surface area contributed by atoms with E-state index in [9.17, 15) is 14.0 Å². The number of nitrogens with zero attached hydrogens (tertiary/aromatic N) is 2. The van der Waals surface area contributed by atoms with Crippen molar-refractivity contribution in [2.45, 2.75) is 59.7 Å². The van der Waals surface area contributed by atoms with Crippen molar-refractivity contribution in [3.63, 3.8) is 0 Å². The number of benzene rings is 1. The Bertz CT molecular complexity index is 1430. The Labute approximate surface area is 213 Å². The number of nitrogen functional groups attached to an aromatic ring is 1. The molecule has 3 aromatic rings. The topological polar surface area (TPSA) is 154 Å². The van der Waals surface area contributed by atoms with Crippen molar-refractivity contribution in [3.05, 3.63) is 56.6 Å². The van der Waals surface area contributed by atoms with Crippen LogP contribution >= 0.6 is 0 Å². The summed E-state index contributed by atoms with van der Waals surface area (Å²) < 4.78 is 20.0. The molecule has 0 bridgehead atoms. The Kier molecular flexibility index (Phi) is 7.25. The van der Waals surface area contributed by atoms with E-state index < -0.39 is 12.0 Å². The van der Waals surface area contributed by atoms with Crippen LogP contribution in [0.4, 0.5) is 14.9 Å². The largest absolute Gasteiger partial charge is 0.506 e. The molecule has 2 unspecified atom stereocenters. The Morgan fingerprint density at radius 1 is 1.30 bits per heavy atom. The summed E-state index contributed by atoms with van der Waals surface area (Å²) in [6.07, 6.45) is 2.56. The molecule has 1 aliphatic heterocycles.